The molecule has 1 atom stereocenters. The number of ether oxygens (including phenoxy) is 1. The summed E-state index contributed by atoms with van der Waals surface area (Å²) in [6.07, 6.45) is 4.13. The van der Waals surface area contributed by atoms with Crippen LogP contribution in [0.15, 0.2) is 78.6 Å². The molecule has 4 rings (SSSR count). The van der Waals surface area contributed by atoms with Crippen LogP contribution in [0, 0.1) is 0 Å². The van der Waals surface area contributed by atoms with Crippen LogP contribution in [0.25, 0.3) is 5.76 Å². The van der Waals surface area contributed by atoms with Gasteiger partial charge in [-0.1, -0.05) is 48.9 Å². The van der Waals surface area contributed by atoms with Crippen LogP contribution >= 0.6 is 11.6 Å². The van der Waals surface area contributed by atoms with E-state index in [0.717, 1.165) is 12.0 Å². The zero-order valence-electron chi connectivity index (χ0n) is 18.1. The molecule has 1 saturated heterocycles. The van der Waals surface area contributed by atoms with Crippen LogP contribution < -0.4 is 4.74 Å². The molecule has 33 heavy (non-hydrogen) atoms. The van der Waals surface area contributed by atoms with E-state index in [2.05, 4.69) is 4.98 Å². The first-order valence-corrected chi connectivity index (χ1v) is 11.0. The van der Waals surface area contributed by atoms with Gasteiger partial charge in [0.2, 0.25) is 0 Å². The van der Waals surface area contributed by atoms with Crippen LogP contribution in [0.2, 0.25) is 5.02 Å². The Morgan fingerprint density at radius 2 is 1.91 bits per heavy atom. The molecule has 0 radical (unpaired) electrons. The highest BCUT2D eigenvalue weighted by molar-refractivity contribution is 6.46. The minimum absolute atomic E-state index is 0.0267. The quantitative estimate of drug-likeness (QED) is 0.298. The summed E-state index contributed by atoms with van der Waals surface area (Å²) in [5.74, 6) is -1.09. The number of nitrogens with zero attached hydrogens (tertiary/aromatic N) is 2. The predicted octanol–water partition coefficient (Wildman–Crippen LogP) is 5.15. The van der Waals surface area contributed by atoms with Gasteiger partial charge in [0.1, 0.15) is 11.5 Å². The van der Waals surface area contributed by atoms with E-state index in [1.165, 1.54) is 4.90 Å². The molecule has 1 aliphatic rings. The van der Waals surface area contributed by atoms with E-state index in [1.807, 2.05) is 13.0 Å². The number of hydrogen-bond acceptors (Lipinski definition) is 5. The van der Waals surface area contributed by atoms with Crippen LogP contribution in [0.3, 0.4) is 0 Å². The highest BCUT2D eigenvalue weighted by atomic mass is 35.5. The lowest BCUT2D eigenvalue weighted by molar-refractivity contribution is -0.140. The van der Waals surface area contributed by atoms with Crippen LogP contribution in [-0.4, -0.2) is 33.3 Å². The van der Waals surface area contributed by atoms with Crippen molar-refractivity contribution in [3.63, 3.8) is 0 Å². The molecule has 2 heterocycles. The molecule has 1 aliphatic heterocycles. The normalized spacial score (nSPS) is 17.4. The molecule has 1 amide bonds. The Labute approximate surface area is 197 Å². The lowest BCUT2D eigenvalue weighted by atomic mass is 9.95. The van der Waals surface area contributed by atoms with Gasteiger partial charge < -0.3 is 14.7 Å². The van der Waals surface area contributed by atoms with Crippen molar-refractivity contribution in [3.8, 4) is 5.75 Å². The number of amides is 1. The molecule has 2 aromatic carbocycles. The first-order chi connectivity index (χ1) is 16.0. The maximum Gasteiger partial charge on any atom is 0.295 e. The summed E-state index contributed by atoms with van der Waals surface area (Å²) in [7, 11) is 0. The van der Waals surface area contributed by atoms with Gasteiger partial charge in [0.25, 0.3) is 11.7 Å². The van der Waals surface area contributed by atoms with Gasteiger partial charge in [0, 0.05) is 29.5 Å². The molecule has 0 spiro atoms. The molecule has 0 saturated carbocycles. The Bertz CT molecular complexity index is 1190. The van der Waals surface area contributed by atoms with Crippen LogP contribution in [0.4, 0.5) is 0 Å². The topological polar surface area (TPSA) is 79.7 Å². The predicted molar refractivity (Wildman–Crippen MR) is 126 cm³/mol. The molecule has 168 valence electrons. The number of Topliss-reactive ketones (excluding diaryl/α,β-unsaturated/α-hetero) is 1. The van der Waals surface area contributed by atoms with Crippen molar-refractivity contribution in [2.24, 2.45) is 0 Å². The molecule has 0 aliphatic carbocycles. The number of halogens is 1. The van der Waals surface area contributed by atoms with E-state index in [1.54, 1.807) is 67.0 Å². The smallest absolute Gasteiger partial charge is 0.295 e. The number of benzene rings is 2. The van der Waals surface area contributed by atoms with Crippen molar-refractivity contribution in [1.82, 2.24) is 9.88 Å². The van der Waals surface area contributed by atoms with Gasteiger partial charge >= 0.3 is 0 Å². The maximum atomic E-state index is 13.1. The van der Waals surface area contributed by atoms with E-state index >= 15 is 0 Å². The van der Waals surface area contributed by atoms with E-state index in [-0.39, 0.29) is 17.9 Å². The molecular weight excluding hydrogens is 440 g/mol. The van der Waals surface area contributed by atoms with Gasteiger partial charge in [-0.05, 0) is 47.9 Å². The molecule has 1 unspecified atom stereocenters. The molecule has 1 aromatic heterocycles. The average Bonchev–Trinajstić information content (AvgIpc) is 3.08. The van der Waals surface area contributed by atoms with Gasteiger partial charge in [-0.25, -0.2) is 0 Å². The van der Waals surface area contributed by atoms with Crippen molar-refractivity contribution in [2.75, 3.05) is 6.61 Å². The first-order valence-electron chi connectivity index (χ1n) is 10.7. The van der Waals surface area contributed by atoms with Crippen LogP contribution in [0.5, 0.6) is 5.75 Å². The van der Waals surface area contributed by atoms with E-state index in [0.29, 0.717) is 28.5 Å². The molecule has 3 aromatic rings. The minimum atomic E-state index is -0.775. The summed E-state index contributed by atoms with van der Waals surface area (Å²) in [4.78, 5) is 31.8. The second kappa shape index (κ2) is 9.88. The fourth-order valence-corrected chi connectivity index (χ4v) is 3.96. The average molecular weight is 463 g/mol. The number of pyridine rings is 1. The Kier molecular flexibility index (Phi) is 6.75. The molecule has 7 heteroatoms. The molecule has 1 fully saturated rings. The van der Waals surface area contributed by atoms with E-state index in [9.17, 15) is 14.7 Å². The van der Waals surface area contributed by atoms with Gasteiger partial charge in [0.15, 0.2) is 0 Å². The van der Waals surface area contributed by atoms with E-state index in [4.69, 9.17) is 16.3 Å². The SMILES string of the molecule is CCCOc1cccc(C(O)=C2C(=O)C(=O)N(Cc3cccnc3)C2c2ccc(Cl)cc2)c1. The number of aliphatic hydroxyl groups is 1. The maximum absolute atomic E-state index is 13.1. The van der Waals surface area contributed by atoms with Crippen LogP contribution in [-0.2, 0) is 16.1 Å². The lowest BCUT2D eigenvalue weighted by Gasteiger charge is -2.25. The van der Waals surface area contributed by atoms with Crippen LogP contribution in [0.1, 0.15) is 36.1 Å². The summed E-state index contributed by atoms with van der Waals surface area (Å²) in [6.45, 7) is 2.70. The minimum Gasteiger partial charge on any atom is -0.507 e. The van der Waals surface area contributed by atoms with Crippen molar-refractivity contribution >= 4 is 29.1 Å². The Morgan fingerprint density at radius 1 is 1.12 bits per heavy atom. The molecule has 1 N–H and O–H groups in total. The number of carbonyl (C=O) groups is 2. The van der Waals surface area contributed by atoms with Gasteiger partial charge in [0.05, 0.1) is 18.2 Å². The number of aliphatic hydroxyl groups excluding tert-OH is 1. The number of hydrogen-bond donors (Lipinski definition) is 1. The number of rotatable bonds is 7. The largest absolute Gasteiger partial charge is 0.507 e. The highest BCUT2D eigenvalue weighted by Crippen LogP contribution is 2.40. The zero-order valence-corrected chi connectivity index (χ0v) is 18.8. The number of likely N-dealkylation sites (tertiary alicyclic amines) is 1. The van der Waals surface area contributed by atoms with Crippen molar-refractivity contribution in [2.45, 2.75) is 25.9 Å². The van der Waals surface area contributed by atoms with Gasteiger partial charge in [-0.3, -0.25) is 14.6 Å². The summed E-state index contributed by atoms with van der Waals surface area (Å²) < 4.78 is 5.66. The summed E-state index contributed by atoms with van der Waals surface area (Å²) in [5, 5.41) is 11.7. The molecule has 0 bridgehead atoms. The fourth-order valence-electron chi connectivity index (χ4n) is 3.83. The number of aromatic nitrogens is 1. The first kappa shape index (κ1) is 22.6. The van der Waals surface area contributed by atoms with Crippen molar-refractivity contribution in [1.29, 1.82) is 0 Å². The zero-order chi connectivity index (χ0) is 23.4. The highest BCUT2D eigenvalue weighted by Gasteiger charge is 2.46. The van der Waals surface area contributed by atoms with Crippen molar-refractivity contribution in [3.05, 3.63) is 100 Å². The van der Waals surface area contributed by atoms with Gasteiger partial charge in [-0.2, -0.15) is 0 Å². The monoisotopic (exact) mass is 462 g/mol. The third kappa shape index (κ3) is 4.76. The number of carbonyl (C=O) groups excluding carboxylic acids is 2. The molecular formula is C26H23ClN2O4. The summed E-state index contributed by atoms with van der Waals surface area (Å²) >= 11 is 6.06. The Hall–Kier alpha value is -3.64. The second-order valence-electron chi connectivity index (χ2n) is 7.72. The van der Waals surface area contributed by atoms with Gasteiger partial charge in [-0.15, -0.1) is 0 Å². The lowest BCUT2D eigenvalue weighted by Crippen LogP contribution is -2.29. The third-order valence-electron chi connectivity index (χ3n) is 5.38. The molecule has 6 nitrogen and oxygen atoms in total. The second-order valence-corrected chi connectivity index (χ2v) is 8.15. The third-order valence-corrected chi connectivity index (χ3v) is 5.63. The fraction of sp³-hybridized carbons (Fsp3) is 0.192. The Balaban J connectivity index is 1.81. The number of ketones is 1. The Morgan fingerprint density at radius 3 is 2.61 bits per heavy atom. The van der Waals surface area contributed by atoms with E-state index < -0.39 is 17.7 Å². The van der Waals surface area contributed by atoms with Crippen molar-refractivity contribution < 1.29 is 19.4 Å². The standard InChI is InChI=1S/C26H23ClN2O4/c1-2-13-33-21-7-3-6-19(14-21)24(30)22-23(18-8-10-20(27)11-9-18)29(26(32)25(22)31)16-17-5-4-12-28-15-17/h3-12,14-15,23,30H,2,13,16H2,1H3. The summed E-state index contributed by atoms with van der Waals surface area (Å²) in [6, 6.07) is 16.6. The summed E-state index contributed by atoms with van der Waals surface area (Å²) in [5.41, 5.74) is 1.87.